The van der Waals surface area contributed by atoms with Crippen LogP contribution in [0.5, 0.6) is 0 Å². The van der Waals surface area contributed by atoms with Crippen LogP contribution < -0.4 is 5.73 Å². The summed E-state index contributed by atoms with van der Waals surface area (Å²) in [5, 5.41) is 9.16. The van der Waals surface area contributed by atoms with Crippen molar-refractivity contribution in [1.29, 1.82) is 5.26 Å². The molecule has 4 aliphatic rings. The maximum absolute atomic E-state index is 9.16. The average Bonchev–Trinajstić information content (AvgIpc) is 2.39. The van der Waals surface area contributed by atoms with Crippen LogP contribution in [-0.4, -0.2) is 0 Å². The average molecular weight is 252 g/mol. The lowest BCUT2D eigenvalue weighted by Crippen LogP contribution is -2.43. The second kappa shape index (κ2) is 4.00. The van der Waals surface area contributed by atoms with E-state index in [4.69, 9.17) is 11.0 Å². The Kier molecular flexibility index (Phi) is 2.39. The zero-order chi connectivity index (χ0) is 13.0. The number of nitrogens with two attached hydrogens (primary N) is 1. The highest BCUT2D eigenvalue weighted by Crippen LogP contribution is 2.59. The number of nitrogen functional groups attached to an aromatic ring is 1. The Labute approximate surface area is 114 Å². The van der Waals surface area contributed by atoms with Crippen molar-refractivity contribution in [3.8, 4) is 6.07 Å². The number of hydrogen-bond acceptors (Lipinski definition) is 2. The lowest BCUT2D eigenvalue weighted by atomic mass is 9.51. The Morgan fingerprint density at radius 2 is 1.63 bits per heavy atom. The summed E-state index contributed by atoms with van der Waals surface area (Å²) < 4.78 is 0. The van der Waals surface area contributed by atoms with Gasteiger partial charge in [0.15, 0.2) is 0 Å². The minimum atomic E-state index is 0.620. The third-order valence-electron chi connectivity index (χ3n) is 5.81. The van der Waals surface area contributed by atoms with Crippen molar-refractivity contribution in [2.24, 2.45) is 23.7 Å². The molecule has 4 bridgehead atoms. The van der Waals surface area contributed by atoms with Crippen molar-refractivity contribution in [3.05, 3.63) is 29.3 Å². The Morgan fingerprint density at radius 1 is 1.00 bits per heavy atom. The van der Waals surface area contributed by atoms with Gasteiger partial charge in [-0.2, -0.15) is 5.26 Å². The van der Waals surface area contributed by atoms with Crippen LogP contribution >= 0.6 is 0 Å². The predicted octanol–water partition coefficient (Wildman–Crippen LogP) is 3.68. The van der Waals surface area contributed by atoms with E-state index in [2.05, 4.69) is 18.2 Å². The topological polar surface area (TPSA) is 49.8 Å². The first-order valence-electron chi connectivity index (χ1n) is 7.54. The molecule has 0 amide bonds. The van der Waals surface area contributed by atoms with Gasteiger partial charge in [-0.15, -0.1) is 0 Å². The van der Waals surface area contributed by atoms with Gasteiger partial charge in [0.1, 0.15) is 6.07 Å². The number of anilines is 1. The fourth-order valence-electron chi connectivity index (χ4n) is 5.35. The SMILES string of the molecule is N#Cc1cc(C2C3CC4CC(C3)CC2C4)ccc1N. The fourth-order valence-corrected chi connectivity index (χ4v) is 5.35. The number of nitriles is 1. The van der Waals surface area contributed by atoms with Crippen LogP contribution in [0.15, 0.2) is 18.2 Å². The minimum absolute atomic E-state index is 0.620. The van der Waals surface area contributed by atoms with E-state index in [1.807, 2.05) is 6.07 Å². The van der Waals surface area contributed by atoms with Gasteiger partial charge in [0.25, 0.3) is 0 Å². The normalized spacial score (nSPS) is 39.2. The molecular weight excluding hydrogens is 232 g/mol. The molecule has 4 saturated carbocycles. The molecule has 2 nitrogen and oxygen atoms in total. The molecule has 0 saturated heterocycles. The first kappa shape index (κ1) is 11.3. The Bertz CT molecular complexity index is 527. The van der Waals surface area contributed by atoms with Gasteiger partial charge in [0, 0.05) is 5.69 Å². The van der Waals surface area contributed by atoms with E-state index in [0.29, 0.717) is 17.2 Å². The molecular formula is C17H20N2. The number of rotatable bonds is 1. The van der Waals surface area contributed by atoms with E-state index < -0.39 is 0 Å². The molecule has 0 aromatic heterocycles. The standard InChI is InChI=1S/C17H20N2/c18-9-15-8-12(1-2-16(15)19)17-13-4-10-3-11(6-13)7-14(17)5-10/h1-2,8,10-11,13-14,17H,3-7,19H2. The maximum Gasteiger partial charge on any atom is 0.101 e. The lowest BCUT2D eigenvalue weighted by Gasteiger charge is -2.54. The number of nitrogens with zero attached hydrogens (tertiary/aromatic N) is 1. The predicted molar refractivity (Wildman–Crippen MR) is 75.4 cm³/mol. The summed E-state index contributed by atoms with van der Waals surface area (Å²) >= 11 is 0. The second-order valence-corrected chi connectivity index (χ2v) is 6.91. The van der Waals surface area contributed by atoms with Crippen molar-refractivity contribution in [2.75, 3.05) is 5.73 Å². The molecule has 0 heterocycles. The van der Waals surface area contributed by atoms with E-state index in [1.165, 1.54) is 37.7 Å². The number of hydrogen-bond donors (Lipinski definition) is 1. The van der Waals surface area contributed by atoms with Gasteiger partial charge in [-0.1, -0.05) is 6.07 Å². The van der Waals surface area contributed by atoms with Crippen LogP contribution in [0.4, 0.5) is 5.69 Å². The third-order valence-corrected chi connectivity index (χ3v) is 5.81. The van der Waals surface area contributed by atoms with Gasteiger partial charge in [-0.25, -0.2) is 0 Å². The molecule has 1 aromatic carbocycles. The molecule has 5 rings (SSSR count). The Hall–Kier alpha value is -1.49. The molecule has 19 heavy (non-hydrogen) atoms. The highest BCUT2D eigenvalue weighted by molar-refractivity contribution is 5.55. The van der Waals surface area contributed by atoms with Gasteiger partial charge in [-0.3, -0.25) is 0 Å². The van der Waals surface area contributed by atoms with Crippen LogP contribution in [-0.2, 0) is 0 Å². The summed E-state index contributed by atoms with van der Waals surface area (Å²) in [5.41, 5.74) is 8.51. The third kappa shape index (κ3) is 1.68. The van der Waals surface area contributed by atoms with Crippen LogP contribution in [0.2, 0.25) is 0 Å². The molecule has 1 aromatic rings. The highest BCUT2D eigenvalue weighted by atomic mass is 14.6. The zero-order valence-corrected chi connectivity index (χ0v) is 11.2. The minimum Gasteiger partial charge on any atom is -0.398 e. The lowest BCUT2D eigenvalue weighted by molar-refractivity contribution is -0.00277. The van der Waals surface area contributed by atoms with Gasteiger partial charge < -0.3 is 5.73 Å². The number of benzene rings is 1. The van der Waals surface area contributed by atoms with Crippen molar-refractivity contribution >= 4 is 5.69 Å². The Balaban J connectivity index is 1.71. The van der Waals surface area contributed by atoms with Crippen molar-refractivity contribution in [2.45, 2.75) is 38.0 Å². The molecule has 4 fully saturated rings. The van der Waals surface area contributed by atoms with Crippen molar-refractivity contribution in [1.82, 2.24) is 0 Å². The molecule has 98 valence electrons. The van der Waals surface area contributed by atoms with Crippen LogP contribution in [0.1, 0.15) is 49.1 Å². The smallest absolute Gasteiger partial charge is 0.101 e. The van der Waals surface area contributed by atoms with Crippen LogP contribution in [0.25, 0.3) is 0 Å². The molecule has 0 aliphatic heterocycles. The van der Waals surface area contributed by atoms with E-state index in [9.17, 15) is 0 Å². The second-order valence-electron chi connectivity index (χ2n) is 6.91. The van der Waals surface area contributed by atoms with Gasteiger partial charge in [0.2, 0.25) is 0 Å². The summed E-state index contributed by atoms with van der Waals surface area (Å²) in [6, 6.07) is 8.39. The monoisotopic (exact) mass is 252 g/mol. The molecule has 2 N–H and O–H groups in total. The Morgan fingerprint density at radius 3 is 2.21 bits per heavy atom. The van der Waals surface area contributed by atoms with E-state index in [1.54, 1.807) is 0 Å². The zero-order valence-electron chi connectivity index (χ0n) is 11.2. The highest BCUT2D eigenvalue weighted by Gasteiger charge is 2.48. The molecule has 4 aliphatic carbocycles. The van der Waals surface area contributed by atoms with Gasteiger partial charge >= 0.3 is 0 Å². The summed E-state index contributed by atoms with van der Waals surface area (Å²) in [5.74, 6) is 4.43. The van der Waals surface area contributed by atoms with Crippen molar-refractivity contribution in [3.63, 3.8) is 0 Å². The molecule has 0 atom stereocenters. The van der Waals surface area contributed by atoms with E-state index >= 15 is 0 Å². The quantitative estimate of drug-likeness (QED) is 0.775. The molecule has 0 spiro atoms. The van der Waals surface area contributed by atoms with E-state index in [-0.39, 0.29) is 0 Å². The fraction of sp³-hybridized carbons (Fsp3) is 0.588. The van der Waals surface area contributed by atoms with Crippen LogP contribution in [0, 0.1) is 35.0 Å². The van der Waals surface area contributed by atoms with Gasteiger partial charge in [-0.05, 0) is 79.4 Å². The first-order chi connectivity index (χ1) is 9.24. The largest absolute Gasteiger partial charge is 0.398 e. The molecule has 0 radical (unpaired) electrons. The maximum atomic E-state index is 9.16. The van der Waals surface area contributed by atoms with Crippen LogP contribution in [0.3, 0.4) is 0 Å². The molecule has 2 heteroatoms. The van der Waals surface area contributed by atoms with E-state index in [0.717, 1.165) is 23.7 Å². The van der Waals surface area contributed by atoms with Crippen molar-refractivity contribution < 1.29 is 0 Å². The summed E-state index contributed by atoms with van der Waals surface area (Å²) in [6.07, 6.45) is 7.17. The summed E-state index contributed by atoms with van der Waals surface area (Å²) in [6.45, 7) is 0. The molecule has 0 unspecified atom stereocenters. The summed E-state index contributed by atoms with van der Waals surface area (Å²) in [4.78, 5) is 0. The van der Waals surface area contributed by atoms with Gasteiger partial charge in [0.05, 0.1) is 5.56 Å². The first-order valence-corrected chi connectivity index (χ1v) is 7.54. The summed E-state index contributed by atoms with van der Waals surface area (Å²) in [7, 11) is 0.